The van der Waals surface area contributed by atoms with Gasteiger partial charge < -0.3 is 9.64 Å². The Bertz CT molecular complexity index is 838. The highest BCUT2D eigenvalue weighted by atomic mass is 16.5. The van der Waals surface area contributed by atoms with Gasteiger partial charge in [-0.1, -0.05) is 18.6 Å². The number of carbonyl (C=O) groups is 1. The first-order valence-corrected chi connectivity index (χ1v) is 10.8. The fraction of sp³-hybridized carbons (Fsp3) is 0.696. The molecule has 1 aromatic carbocycles. The molecule has 3 aliphatic carbocycles. The average Bonchev–Trinajstić information content (AvgIpc) is 3.08. The molecule has 0 N–H and O–H groups in total. The molecule has 0 radical (unpaired) electrons. The standard InChI is InChI=1S/C23H30N2O2/c1-16(26)25-19-17(6-3-7-18(19)27-2)23-13-15-24-14-5-9-21(20(23)24)8-4-10-22(23,25)12-11-21/h3,6-7,20H,4-5,8-15H2,1-2H3. The Kier molecular flexibility index (Phi) is 3.09. The van der Waals surface area contributed by atoms with Crippen LogP contribution in [0.4, 0.5) is 5.69 Å². The summed E-state index contributed by atoms with van der Waals surface area (Å²) in [7, 11) is 1.75. The molecule has 1 aromatic rings. The maximum Gasteiger partial charge on any atom is 0.224 e. The van der Waals surface area contributed by atoms with Crippen molar-refractivity contribution in [2.24, 2.45) is 5.41 Å². The van der Waals surface area contributed by atoms with Crippen LogP contribution in [0.2, 0.25) is 0 Å². The quantitative estimate of drug-likeness (QED) is 0.756. The zero-order valence-electron chi connectivity index (χ0n) is 16.6. The number of amides is 1. The molecule has 3 aliphatic heterocycles. The summed E-state index contributed by atoms with van der Waals surface area (Å²) in [6, 6.07) is 7.13. The van der Waals surface area contributed by atoms with Gasteiger partial charge in [0.25, 0.3) is 0 Å². The van der Waals surface area contributed by atoms with Crippen molar-refractivity contribution in [3.05, 3.63) is 23.8 Å². The number of methoxy groups -OCH3 is 1. The number of fused-ring (bicyclic) bond motifs is 4. The van der Waals surface area contributed by atoms with Crippen LogP contribution >= 0.6 is 0 Å². The molecule has 4 atom stereocenters. The highest BCUT2D eigenvalue weighted by Gasteiger charge is 2.76. The van der Waals surface area contributed by atoms with E-state index in [1.807, 2.05) is 6.07 Å². The summed E-state index contributed by atoms with van der Waals surface area (Å²) in [5.74, 6) is 1.08. The van der Waals surface area contributed by atoms with Crippen LogP contribution in [0.15, 0.2) is 18.2 Å². The highest BCUT2D eigenvalue weighted by molar-refractivity contribution is 5.99. The number of hydrogen-bond donors (Lipinski definition) is 0. The first-order valence-electron chi connectivity index (χ1n) is 10.8. The molecule has 4 unspecified atom stereocenters. The first kappa shape index (κ1) is 16.4. The number of rotatable bonds is 1. The van der Waals surface area contributed by atoms with Crippen LogP contribution in [-0.4, -0.2) is 42.6 Å². The molecule has 6 aliphatic rings. The fourth-order valence-electron chi connectivity index (χ4n) is 8.62. The molecular weight excluding hydrogens is 336 g/mol. The van der Waals surface area contributed by atoms with Crippen LogP contribution in [0.1, 0.15) is 63.9 Å². The van der Waals surface area contributed by atoms with E-state index in [2.05, 4.69) is 21.9 Å². The molecule has 3 spiro atoms. The minimum Gasteiger partial charge on any atom is -0.495 e. The second-order valence-corrected chi connectivity index (χ2v) is 9.72. The summed E-state index contributed by atoms with van der Waals surface area (Å²) >= 11 is 0. The van der Waals surface area contributed by atoms with Crippen LogP contribution in [0.5, 0.6) is 5.75 Å². The molecule has 2 saturated heterocycles. The van der Waals surface area contributed by atoms with Crippen molar-refractivity contribution in [3.63, 3.8) is 0 Å². The Morgan fingerprint density at radius 2 is 1.93 bits per heavy atom. The summed E-state index contributed by atoms with van der Waals surface area (Å²) < 4.78 is 5.81. The Hall–Kier alpha value is -1.55. The number of para-hydroxylation sites is 1. The Morgan fingerprint density at radius 1 is 1.07 bits per heavy atom. The number of piperidine rings is 1. The Balaban J connectivity index is 1.70. The molecule has 144 valence electrons. The van der Waals surface area contributed by atoms with E-state index in [0.29, 0.717) is 11.5 Å². The summed E-state index contributed by atoms with van der Waals surface area (Å²) in [5, 5.41) is 0. The third-order valence-corrected chi connectivity index (χ3v) is 9.12. The van der Waals surface area contributed by atoms with Crippen molar-refractivity contribution in [3.8, 4) is 5.75 Å². The van der Waals surface area contributed by atoms with E-state index in [4.69, 9.17) is 4.74 Å². The maximum atomic E-state index is 13.1. The summed E-state index contributed by atoms with van der Waals surface area (Å²) in [6.07, 6.45) is 10.1. The predicted molar refractivity (Wildman–Crippen MR) is 105 cm³/mol. The molecule has 4 nitrogen and oxygen atoms in total. The minimum absolute atomic E-state index is 0.0491. The number of hydrogen-bond acceptors (Lipinski definition) is 3. The van der Waals surface area contributed by atoms with E-state index in [0.717, 1.165) is 24.3 Å². The monoisotopic (exact) mass is 366 g/mol. The van der Waals surface area contributed by atoms with Crippen molar-refractivity contribution in [1.82, 2.24) is 4.90 Å². The van der Waals surface area contributed by atoms with E-state index in [-0.39, 0.29) is 16.9 Å². The number of carbonyl (C=O) groups excluding carboxylic acids is 1. The van der Waals surface area contributed by atoms with Crippen LogP contribution in [0.25, 0.3) is 0 Å². The van der Waals surface area contributed by atoms with Crippen LogP contribution in [0, 0.1) is 5.41 Å². The van der Waals surface area contributed by atoms with Gasteiger partial charge in [-0.3, -0.25) is 9.69 Å². The number of anilines is 1. The van der Waals surface area contributed by atoms with Crippen LogP contribution in [-0.2, 0) is 10.2 Å². The van der Waals surface area contributed by atoms with E-state index in [1.54, 1.807) is 14.0 Å². The molecule has 27 heavy (non-hydrogen) atoms. The Morgan fingerprint density at radius 3 is 2.74 bits per heavy atom. The van der Waals surface area contributed by atoms with Crippen molar-refractivity contribution >= 4 is 11.6 Å². The lowest BCUT2D eigenvalue weighted by Gasteiger charge is -2.61. The van der Waals surface area contributed by atoms with E-state index in [9.17, 15) is 4.79 Å². The number of nitrogens with zero attached hydrogens (tertiary/aromatic N) is 2. The molecule has 1 amide bonds. The van der Waals surface area contributed by atoms with Crippen molar-refractivity contribution in [2.75, 3.05) is 25.1 Å². The van der Waals surface area contributed by atoms with Gasteiger partial charge in [0.1, 0.15) is 5.75 Å². The van der Waals surface area contributed by atoms with Gasteiger partial charge in [-0.2, -0.15) is 0 Å². The largest absolute Gasteiger partial charge is 0.495 e. The highest BCUT2D eigenvalue weighted by Crippen LogP contribution is 2.73. The second kappa shape index (κ2) is 5.08. The second-order valence-electron chi connectivity index (χ2n) is 9.72. The summed E-state index contributed by atoms with van der Waals surface area (Å²) in [4.78, 5) is 18.1. The molecular formula is C23H30N2O2. The zero-order chi connectivity index (χ0) is 18.4. The van der Waals surface area contributed by atoms with Gasteiger partial charge in [0.2, 0.25) is 5.91 Å². The lowest BCUT2D eigenvalue weighted by Crippen LogP contribution is -2.70. The van der Waals surface area contributed by atoms with Gasteiger partial charge in [0.15, 0.2) is 0 Å². The molecule has 3 heterocycles. The third-order valence-electron chi connectivity index (χ3n) is 9.12. The number of benzene rings is 1. The molecule has 7 rings (SSSR count). The van der Waals surface area contributed by atoms with Crippen LogP contribution < -0.4 is 9.64 Å². The smallest absolute Gasteiger partial charge is 0.224 e. The topological polar surface area (TPSA) is 32.8 Å². The summed E-state index contributed by atoms with van der Waals surface area (Å²) in [6.45, 7) is 4.20. The van der Waals surface area contributed by atoms with Crippen molar-refractivity contribution in [2.45, 2.75) is 75.3 Å². The van der Waals surface area contributed by atoms with Crippen molar-refractivity contribution in [1.29, 1.82) is 0 Å². The van der Waals surface area contributed by atoms with E-state index in [1.165, 1.54) is 57.2 Å². The maximum absolute atomic E-state index is 13.1. The first-order chi connectivity index (χ1) is 13.1. The molecule has 0 aromatic heterocycles. The van der Waals surface area contributed by atoms with Crippen LogP contribution in [0.3, 0.4) is 0 Å². The van der Waals surface area contributed by atoms with Gasteiger partial charge in [0.05, 0.1) is 18.3 Å². The van der Waals surface area contributed by atoms with Gasteiger partial charge in [-0.05, 0) is 75.1 Å². The fourth-order valence-corrected chi connectivity index (χ4v) is 8.62. The van der Waals surface area contributed by atoms with Gasteiger partial charge >= 0.3 is 0 Å². The van der Waals surface area contributed by atoms with E-state index < -0.39 is 0 Å². The predicted octanol–water partition coefficient (Wildman–Crippen LogP) is 3.87. The normalized spacial score (nSPS) is 41.7. The molecule has 5 fully saturated rings. The SMILES string of the molecule is COc1cccc2c1N(C(C)=O)C13CCCC4(CCCN5CCC21C54)CC3. The molecule has 2 bridgehead atoms. The van der Waals surface area contributed by atoms with Gasteiger partial charge in [0, 0.05) is 18.4 Å². The Labute approximate surface area is 161 Å². The lowest BCUT2D eigenvalue weighted by molar-refractivity contribution is -0.119. The van der Waals surface area contributed by atoms with Gasteiger partial charge in [-0.25, -0.2) is 0 Å². The van der Waals surface area contributed by atoms with Crippen molar-refractivity contribution < 1.29 is 9.53 Å². The molecule has 4 heteroatoms. The lowest BCUT2D eigenvalue weighted by atomic mass is 9.49. The number of ether oxygens (including phenoxy) is 1. The average molecular weight is 367 g/mol. The molecule has 3 saturated carbocycles. The third kappa shape index (κ3) is 1.61. The minimum atomic E-state index is -0.0491. The zero-order valence-corrected chi connectivity index (χ0v) is 16.6. The van der Waals surface area contributed by atoms with E-state index >= 15 is 0 Å². The van der Waals surface area contributed by atoms with Gasteiger partial charge in [-0.15, -0.1) is 0 Å². The summed E-state index contributed by atoms with van der Waals surface area (Å²) in [5.41, 5.74) is 3.02.